The predicted octanol–water partition coefficient (Wildman–Crippen LogP) is 2.61. The maximum Gasteiger partial charge on any atom is 0.309 e. The Balaban J connectivity index is 2.62. The second-order valence-electron chi connectivity index (χ2n) is 5.07. The van der Waals surface area contributed by atoms with E-state index in [1.165, 1.54) is 0 Å². The zero-order valence-electron chi connectivity index (χ0n) is 10.5. The van der Waals surface area contributed by atoms with Gasteiger partial charge in [0.2, 0.25) is 0 Å². The van der Waals surface area contributed by atoms with E-state index in [1.54, 1.807) is 13.8 Å². The standard InChI is InChI=1S/C14H18O3/c1-10-4-6-11(7-5-10)8-12(15)9-14(2,3)13(16)17/h4-7H,8-9H2,1-3H3,(H,16,17). The first kappa shape index (κ1) is 13.4. The lowest BCUT2D eigenvalue weighted by Gasteiger charge is -2.17. The SMILES string of the molecule is Cc1ccc(CC(=O)CC(C)(C)C(=O)O)cc1. The summed E-state index contributed by atoms with van der Waals surface area (Å²) in [6, 6.07) is 7.71. The maximum absolute atomic E-state index is 11.8. The van der Waals surface area contributed by atoms with Crippen LogP contribution in [0.5, 0.6) is 0 Å². The van der Waals surface area contributed by atoms with Crippen molar-refractivity contribution < 1.29 is 14.7 Å². The monoisotopic (exact) mass is 234 g/mol. The van der Waals surface area contributed by atoms with Crippen LogP contribution in [-0.4, -0.2) is 16.9 Å². The minimum absolute atomic E-state index is 0.0405. The molecule has 1 aromatic rings. The molecule has 0 atom stereocenters. The van der Waals surface area contributed by atoms with Crippen LogP contribution in [0.2, 0.25) is 0 Å². The number of carbonyl (C=O) groups is 2. The lowest BCUT2D eigenvalue weighted by Crippen LogP contribution is -2.27. The van der Waals surface area contributed by atoms with E-state index in [2.05, 4.69) is 0 Å². The number of carbonyl (C=O) groups excluding carboxylic acids is 1. The molecule has 1 N–H and O–H groups in total. The summed E-state index contributed by atoms with van der Waals surface area (Å²) in [7, 11) is 0. The van der Waals surface area contributed by atoms with Gasteiger partial charge in [0.05, 0.1) is 5.41 Å². The molecule has 0 aliphatic carbocycles. The highest BCUT2D eigenvalue weighted by molar-refractivity contribution is 5.87. The van der Waals surface area contributed by atoms with Crippen LogP contribution in [-0.2, 0) is 16.0 Å². The number of rotatable bonds is 5. The third-order valence-electron chi connectivity index (χ3n) is 2.74. The smallest absolute Gasteiger partial charge is 0.309 e. The Morgan fingerprint density at radius 2 is 1.71 bits per heavy atom. The molecule has 0 unspecified atom stereocenters. The Hall–Kier alpha value is -1.64. The number of Topliss-reactive ketones (excluding diaryl/α,β-unsaturated/α-hetero) is 1. The third kappa shape index (κ3) is 4.02. The van der Waals surface area contributed by atoms with Crippen LogP contribution < -0.4 is 0 Å². The molecule has 92 valence electrons. The van der Waals surface area contributed by atoms with Crippen molar-refractivity contribution in [3.8, 4) is 0 Å². The molecule has 0 spiro atoms. The first-order valence-electron chi connectivity index (χ1n) is 5.62. The van der Waals surface area contributed by atoms with Crippen LogP contribution in [0.4, 0.5) is 0 Å². The van der Waals surface area contributed by atoms with Crippen molar-refractivity contribution in [2.45, 2.75) is 33.6 Å². The van der Waals surface area contributed by atoms with Gasteiger partial charge in [0.25, 0.3) is 0 Å². The number of carboxylic acids is 1. The predicted molar refractivity (Wildman–Crippen MR) is 65.9 cm³/mol. The van der Waals surface area contributed by atoms with E-state index in [1.807, 2.05) is 31.2 Å². The van der Waals surface area contributed by atoms with Gasteiger partial charge in [-0.3, -0.25) is 9.59 Å². The average Bonchev–Trinajstić information content (AvgIpc) is 2.20. The van der Waals surface area contributed by atoms with Gasteiger partial charge in [-0.1, -0.05) is 29.8 Å². The van der Waals surface area contributed by atoms with Crippen molar-refractivity contribution in [2.24, 2.45) is 5.41 Å². The average molecular weight is 234 g/mol. The third-order valence-corrected chi connectivity index (χ3v) is 2.74. The molecular weight excluding hydrogens is 216 g/mol. The van der Waals surface area contributed by atoms with Crippen molar-refractivity contribution in [3.05, 3.63) is 35.4 Å². The molecule has 1 aromatic carbocycles. The minimum Gasteiger partial charge on any atom is -0.481 e. The van der Waals surface area contributed by atoms with Gasteiger partial charge >= 0.3 is 5.97 Å². The number of carboxylic acid groups (broad SMARTS) is 1. The van der Waals surface area contributed by atoms with Crippen molar-refractivity contribution in [2.75, 3.05) is 0 Å². The van der Waals surface area contributed by atoms with Crippen LogP contribution in [0, 0.1) is 12.3 Å². The molecule has 17 heavy (non-hydrogen) atoms. The van der Waals surface area contributed by atoms with Gasteiger partial charge in [0.15, 0.2) is 0 Å². The molecule has 0 fully saturated rings. The fraction of sp³-hybridized carbons (Fsp3) is 0.429. The highest BCUT2D eigenvalue weighted by atomic mass is 16.4. The molecule has 0 aromatic heterocycles. The summed E-state index contributed by atoms with van der Waals surface area (Å²) in [4.78, 5) is 22.7. The second-order valence-corrected chi connectivity index (χ2v) is 5.07. The van der Waals surface area contributed by atoms with E-state index in [-0.39, 0.29) is 12.2 Å². The summed E-state index contributed by atoms with van der Waals surface area (Å²) in [5.74, 6) is -0.976. The minimum atomic E-state index is -0.984. The highest BCUT2D eigenvalue weighted by Crippen LogP contribution is 2.21. The van der Waals surface area contributed by atoms with E-state index in [0.717, 1.165) is 11.1 Å². The molecule has 0 radical (unpaired) electrons. The largest absolute Gasteiger partial charge is 0.481 e. The molecule has 0 saturated carbocycles. The topological polar surface area (TPSA) is 54.4 Å². The summed E-state index contributed by atoms with van der Waals surface area (Å²) >= 11 is 0. The van der Waals surface area contributed by atoms with Crippen LogP contribution in [0.3, 0.4) is 0 Å². The second kappa shape index (κ2) is 5.13. The zero-order chi connectivity index (χ0) is 13.1. The lowest BCUT2D eigenvalue weighted by molar-refractivity contribution is -0.149. The summed E-state index contributed by atoms with van der Waals surface area (Å²) in [5, 5.41) is 8.94. The van der Waals surface area contributed by atoms with Crippen molar-refractivity contribution in [1.29, 1.82) is 0 Å². The van der Waals surface area contributed by atoms with Gasteiger partial charge in [0, 0.05) is 12.8 Å². The number of hydrogen-bond acceptors (Lipinski definition) is 2. The Morgan fingerprint density at radius 1 is 1.18 bits per heavy atom. The molecule has 1 rings (SSSR count). The lowest BCUT2D eigenvalue weighted by atomic mass is 9.86. The number of aryl methyl sites for hydroxylation is 1. The van der Waals surface area contributed by atoms with Gasteiger partial charge in [0.1, 0.15) is 5.78 Å². The van der Waals surface area contributed by atoms with Gasteiger partial charge in [-0.05, 0) is 26.3 Å². The summed E-state index contributed by atoms with van der Waals surface area (Å²) < 4.78 is 0. The molecule has 0 aliphatic heterocycles. The fourth-order valence-electron chi connectivity index (χ4n) is 1.56. The number of ketones is 1. The molecule has 0 amide bonds. The molecule has 0 heterocycles. The van der Waals surface area contributed by atoms with E-state index in [0.29, 0.717) is 6.42 Å². The van der Waals surface area contributed by atoms with Crippen LogP contribution in [0.1, 0.15) is 31.4 Å². The highest BCUT2D eigenvalue weighted by Gasteiger charge is 2.29. The maximum atomic E-state index is 11.8. The van der Waals surface area contributed by atoms with Crippen molar-refractivity contribution in [3.63, 3.8) is 0 Å². The first-order chi connectivity index (χ1) is 7.81. The number of aliphatic carboxylic acids is 1. The fourth-order valence-corrected chi connectivity index (χ4v) is 1.56. The molecule has 0 aliphatic rings. The summed E-state index contributed by atoms with van der Waals surface area (Å²) in [6.07, 6.45) is 0.368. The molecule has 0 bridgehead atoms. The first-order valence-corrected chi connectivity index (χ1v) is 5.62. The normalized spacial score (nSPS) is 11.2. The Morgan fingerprint density at radius 3 is 2.18 bits per heavy atom. The zero-order valence-corrected chi connectivity index (χ0v) is 10.5. The Bertz CT molecular complexity index is 416. The summed E-state index contributed by atoms with van der Waals surface area (Å²) in [5.41, 5.74) is 1.09. The van der Waals surface area contributed by atoms with Gasteiger partial charge < -0.3 is 5.11 Å². The van der Waals surface area contributed by atoms with E-state index in [9.17, 15) is 9.59 Å². The van der Waals surface area contributed by atoms with Crippen LogP contribution in [0.15, 0.2) is 24.3 Å². The van der Waals surface area contributed by atoms with E-state index < -0.39 is 11.4 Å². The Kier molecular flexibility index (Phi) is 4.05. The van der Waals surface area contributed by atoms with E-state index >= 15 is 0 Å². The van der Waals surface area contributed by atoms with Crippen molar-refractivity contribution in [1.82, 2.24) is 0 Å². The van der Waals surface area contributed by atoms with Gasteiger partial charge in [-0.25, -0.2) is 0 Å². The van der Waals surface area contributed by atoms with Crippen molar-refractivity contribution >= 4 is 11.8 Å². The number of hydrogen-bond donors (Lipinski definition) is 1. The quantitative estimate of drug-likeness (QED) is 0.852. The molecular formula is C14H18O3. The van der Waals surface area contributed by atoms with Gasteiger partial charge in [-0.15, -0.1) is 0 Å². The summed E-state index contributed by atoms with van der Waals surface area (Å²) in [6.45, 7) is 5.13. The molecule has 0 saturated heterocycles. The Labute approximate surface area is 101 Å². The van der Waals surface area contributed by atoms with Crippen LogP contribution >= 0.6 is 0 Å². The van der Waals surface area contributed by atoms with Gasteiger partial charge in [-0.2, -0.15) is 0 Å². The van der Waals surface area contributed by atoms with E-state index in [4.69, 9.17) is 5.11 Å². The van der Waals surface area contributed by atoms with Crippen LogP contribution in [0.25, 0.3) is 0 Å². The number of benzene rings is 1. The molecule has 3 nitrogen and oxygen atoms in total. The molecule has 3 heteroatoms.